The van der Waals surface area contributed by atoms with Crippen molar-refractivity contribution >= 4 is 30.0 Å². The quantitative estimate of drug-likeness (QED) is 0.700. The lowest BCUT2D eigenvalue weighted by molar-refractivity contribution is -0.133. The number of urea groups is 1. The molecule has 0 saturated carbocycles. The van der Waals surface area contributed by atoms with Crippen molar-refractivity contribution in [1.29, 1.82) is 0 Å². The summed E-state index contributed by atoms with van der Waals surface area (Å²) >= 11 is 0. The van der Waals surface area contributed by atoms with Gasteiger partial charge in [0.1, 0.15) is 0 Å². The van der Waals surface area contributed by atoms with Crippen molar-refractivity contribution in [3.05, 3.63) is 30.3 Å². The topological polar surface area (TPSA) is 73.5 Å². The Morgan fingerprint density at radius 2 is 1.75 bits per heavy atom. The number of hydrogen-bond donors (Lipinski definition) is 3. The van der Waals surface area contributed by atoms with E-state index in [-0.39, 0.29) is 30.4 Å². The van der Waals surface area contributed by atoms with Gasteiger partial charge in [0.05, 0.1) is 0 Å². The fourth-order valence-electron chi connectivity index (χ4n) is 4.13. The van der Waals surface area contributed by atoms with Crippen molar-refractivity contribution in [2.24, 2.45) is 11.8 Å². The third-order valence-corrected chi connectivity index (χ3v) is 5.90. The summed E-state index contributed by atoms with van der Waals surface area (Å²) in [4.78, 5) is 26.7. The number of nitrogens with one attached hydrogen (secondary N) is 3. The van der Waals surface area contributed by atoms with Gasteiger partial charge in [-0.15, -0.1) is 12.4 Å². The van der Waals surface area contributed by atoms with Gasteiger partial charge in [-0.1, -0.05) is 25.1 Å². The molecule has 7 heteroatoms. The monoisotopic (exact) mass is 408 g/mol. The number of para-hydroxylation sites is 1. The standard InChI is InChI=1S/C21H32N4O2.ClH/c1-16(17-7-11-22-12-8-17)15-20(26)25-13-9-19(10-14-25)24-21(27)23-18-5-3-2-4-6-18;/h2-6,16-17,19,22H,7-15H2,1H3,(H2,23,24,27);1H. The highest BCUT2D eigenvalue weighted by atomic mass is 35.5. The fourth-order valence-corrected chi connectivity index (χ4v) is 4.13. The van der Waals surface area contributed by atoms with Gasteiger partial charge < -0.3 is 20.9 Å². The molecule has 0 spiro atoms. The number of likely N-dealkylation sites (tertiary alicyclic amines) is 1. The summed E-state index contributed by atoms with van der Waals surface area (Å²) in [6, 6.07) is 9.39. The van der Waals surface area contributed by atoms with Crippen LogP contribution in [0, 0.1) is 11.8 Å². The van der Waals surface area contributed by atoms with Crippen molar-refractivity contribution in [1.82, 2.24) is 15.5 Å². The first kappa shape index (κ1) is 22.5. The van der Waals surface area contributed by atoms with E-state index in [1.807, 2.05) is 35.2 Å². The van der Waals surface area contributed by atoms with Crippen LogP contribution in [0.3, 0.4) is 0 Å². The van der Waals surface area contributed by atoms with Crippen molar-refractivity contribution in [3.63, 3.8) is 0 Å². The number of nitrogens with zero attached hydrogens (tertiary/aromatic N) is 1. The molecule has 2 aliphatic rings. The second kappa shape index (κ2) is 11.3. The van der Waals surface area contributed by atoms with E-state index in [0.29, 0.717) is 18.3 Å². The van der Waals surface area contributed by atoms with Crippen LogP contribution in [0.5, 0.6) is 0 Å². The Bertz CT molecular complexity index is 614. The summed E-state index contributed by atoms with van der Waals surface area (Å²) in [6.45, 7) is 5.83. The second-order valence-corrected chi connectivity index (χ2v) is 7.89. The number of anilines is 1. The minimum atomic E-state index is -0.175. The zero-order valence-corrected chi connectivity index (χ0v) is 17.5. The number of amides is 3. The zero-order chi connectivity index (χ0) is 19.1. The number of carbonyl (C=O) groups is 2. The highest BCUT2D eigenvalue weighted by Crippen LogP contribution is 2.25. The molecular weight excluding hydrogens is 376 g/mol. The van der Waals surface area contributed by atoms with Crippen molar-refractivity contribution in [2.45, 2.75) is 45.1 Å². The molecule has 2 heterocycles. The number of piperidine rings is 2. The largest absolute Gasteiger partial charge is 0.343 e. The van der Waals surface area contributed by atoms with E-state index in [0.717, 1.165) is 44.7 Å². The van der Waals surface area contributed by atoms with Gasteiger partial charge in [0.2, 0.25) is 5.91 Å². The lowest BCUT2D eigenvalue weighted by atomic mass is 9.84. The summed E-state index contributed by atoms with van der Waals surface area (Å²) in [7, 11) is 0. The first-order chi connectivity index (χ1) is 13.1. The average Bonchev–Trinajstić information content (AvgIpc) is 2.70. The molecule has 0 aliphatic carbocycles. The molecule has 2 saturated heterocycles. The Hall–Kier alpha value is -1.79. The second-order valence-electron chi connectivity index (χ2n) is 7.89. The van der Waals surface area contributed by atoms with E-state index in [1.54, 1.807) is 0 Å². The van der Waals surface area contributed by atoms with E-state index in [1.165, 1.54) is 12.8 Å². The first-order valence-electron chi connectivity index (χ1n) is 10.2. The van der Waals surface area contributed by atoms with E-state index in [4.69, 9.17) is 0 Å². The van der Waals surface area contributed by atoms with Gasteiger partial charge >= 0.3 is 6.03 Å². The number of rotatable bonds is 5. The Morgan fingerprint density at radius 3 is 2.39 bits per heavy atom. The highest BCUT2D eigenvalue weighted by molar-refractivity contribution is 5.89. The Kier molecular flexibility index (Phi) is 9.06. The van der Waals surface area contributed by atoms with Gasteiger partial charge in [0, 0.05) is 31.2 Å². The Balaban J connectivity index is 0.00000280. The summed E-state index contributed by atoms with van der Waals surface area (Å²) in [5, 5.41) is 9.26. The number of carbonyl (C=O) groups excluding carboxylic acids is 2. The summed E-state index contributed by atoms with van der Waals surface area (Å²) < 4.78 is 0. The molecule has 156 valence electrons. The Morgan fingerprint density at radius 1 is 1.11 bits per heavy atom. The summed E-state index contributed by atoms with van der Waals surface area (Å²) in [5.41, 5.74) is 0.787. The van der Waals surface area contributed by atoms with Gasteiger partial charge in [-0.25, -0.2) is 4.79 Å². The predicted octanol–water partition coefficient (Wildman–Crippen LogP) is 3.25. The molecule has 0 bridgehead atoms. The van der Waals surface area contributed by atoms with Crippen LogP contribution in [0.25, 0.3) is 0 Å². The smallest absolute Gasteiger partial charge is 0.319 e. The van der Waals surface area contributed by atoms with Crippen LogP contribution in [-0.4, -0.2) is 49.1 Å². The zero-order valence-electron chi connectivity index (χ0n) is 16.7. The van der Waals surface area contributed by atoms with Gasteiger partial charge in [0.25, 0.3) is 0 Å². The highest BCUT2D eigenvalue weighted by Gasteiger charge is 2.27. The van der Waals surface area contributed by atoms with Crippen LogP contribution in [-0.2, 0) is 4.79 Å². The molecular formula is C21H33ClN4O2. The summed E-state index contributed by atoms with van der Waals surface area (Å²) in [6.07, 6.45) is 4.64. The molecule has 1 atom stereocenters. The van der Waals surface area contributed by atoms with Crippen molar-refractivity contribution < 1.29 is 9.59 Å². The summed E-state index contributed by atoms with van der Waals surface area (Å²) in [5.74, 6) is 1.39. The molecule has 1 aromatic carbocycles. The molecule has 1 aromatic rings. The fraction of sp³-hybridized carbons (Fsp3) is 0.619. The molecule has 3 amide bonds. The Labute approximate surface area is 174 Å². The molecule has 0 radical (unpaired) electrons. The van der Waals surface area contributed by atoms with Crippen LogP contribution in [0.15, 0.2) is 30.3 Å². The van der Waals surface area contributed by atoms with Crippen LogP contribution < -0.4 is 16.0 Å². The van der Waals surface area contributed by atoms with E-state index in [2.05, 4.69) is 22.9 Å². The van der Waals surface area contributed by atoms with E-state index >= 15 is 0 Å². The average molecular weight is 409 g/mol. The predicted molar refractivity (Wildman–Crippen MR) is 115 cm³/mol. The van der Waals surface area contributed by atoms with E-state index < -0.39 is 0 Å². The minimum absolute atomic E-state index is 0. The number of halogens is 1. The maximum absolute atomic E-state index is 12.6. The van der Waals surface area contributed by atoms with Gasteiger partial charge in [0.15, 0.2) is 0 Å². The number of benzene rings is 1. The normalized spacial score (nSPS) is 19.4. The molecule has 6 nitrogen and oxygen atoms in total. The van der Waals surface area contributed by atoms with Gasteiger partial charge in [-0.2, -0.15) is 0 Å². The lowest BCUT2D eigenvalue weighted by Gasteiger charge is -2.34. The molecule has 3 N–H and O–H groups in total. The number of hydrogen-bond acceptors (Lipinski definition) is 3. The maximum Gasteiger partial charge on any atom is 0.319 e. The molecule has 0 aromatic heterocycles. The SMILES string of the molecule is CC(CC(=O)N1CCC(NC(=O)Nc2ccccc2)CC1)C1CCNCC1.Cl. The first-order valence-corrected chi connectivity index (χ1v) is 10.2. The lowest BCUT2D eigenvalue weighted by Crippen LogP contribution is -2.48. The van der Waals surface area contributed by atoms with Gasteiger partial charge in [-0.3, -0.25) is 4.79 Å². The minimum Gasteiger partial charge on any atom is -0.343 e. The van der Waals surface area contributed by atoms with Crippen LogP contribution in [0.4, 0.5) is 10.5 Å². The van der Waals surface area contributed by atoms with Crippen LogP contribution in [0.1, 0.15) is 39.0 Å². The van der Waals surface area contributed by atoms with Crippen LogP contribution in [0.2, 0.25) is 0 Å². The van der Waals surface area contributed by atoms with Crippen LogP contribution >= 0.6 is 12.4 Å². The molecule has 3 rings (SSSR count). The third-order valence-electron chi connectivity index (χ3n) is 5.90. The van der Waals surface area contributed by atoms with Crippen molar-refractivity contribution in [2.75, 3.05) is 31.5 Å². The third kappa shape index (κ3) is 6.67. The molecule has 2 aliphatic heterocycles. The maximum atomic E-state index is 12.6. The van der Waals surface area contributed by atoms with E-state index in [9.17, 15) is 9.59 Å². The van der Waals surface area contributed by atoms with Crippen molar-refractivity contribution in [3.8, 4) is 0 Å². The van der Waals surface area contributed by atoms with Gasteiger partial charge in [-0.05, 0) is 62.7 Å². The molecule has 1 unspecified atom stereocenters. The molecule has 28 heavy (non-hydrogen) atoms. The molecule has 2 fully saturated rings.